The zero-order valence-electron chi connectivity index (χ0n) is 13.5. The number of hydrogen-bond acceptors (Lipinski definition) is 5. The molecule has 0 bridgehead atoms. The summed E-state index contributed by atoms with van der Waals surface area (Å²) >= 11 is 1.78. The van der Waals surface area contributed by atoms with Crippen LogP contribution in [0.3, 0.4) is 0 Å². The van der Waals surface area contributed by atoms with E-state index in [4.69, 9.17) is 9.47 Å². The Labute approximate surface area is 139 Å². The lowest BCUT2D eigenvalue weighted by Crippen LogP contribution is -1.97. The summed E-state index contributed by atoms with van der Waals surface area (Å²) < 4.78 is 11.6. The minimum atomic E-state index is 0.647. The van der Waals surface area contributed by atoms with Crippen LogP contribution in [0.5, 0.6) is 17.4 Å². The van der Waals surface area contributed by atoms with Gasteiger partial charge >= 0.3 is 0 Å². The molecule has 1 aromatic carbocycles. The number of nitrogens with zero attached hydrogens (tertiary/aromatic N) is 2. The zero-order valence-corrected chi connectivity index (χ0v) is 14.3. The molecule has 0 saturated carbocycles. The Bertz CT molecular complexity index is 902. The number of ether oxygens (including phenoxy) is 2. The van der Waals surface area contributed by atoms with Gasteiger partial charge in [0.25, 0.3) is 0 Å². The molecule has 118 valence electrons. The molecular weight excluding hydrogens is 308 g/mol. The van der Waals surface area contributed by atoms with Gasteiger partial charge in [-0.15, -0.1) is 11.3 Å². The van der Waals surface area contributed by atoms with Crippen molar-refractivity contribution in [3.8, 4) is 17.4 Å². The second-order valence-electron chi connectivity index (χ2n) is 5.87. The molecule has 4 nitrogen and oxygen atoms in total. The lowest BCUT2D eigenvalue weighted by atomic mass is 10.2. The van der Waals surface area contributed by atoms with E-state index in [1.54, 1.807) is 18.4 Å². The van der Waals surface area contributed by atoms with Crippen molar-refractivity contribution >= 4 is 21.6 Å². The quantitative estimate of drug-likeness (QED) is 0.705. The van der Waals surface area contributed by atoms with Gasteiger partial charge < -0.3 is 9.47 Å². The van der Waals surface area contributed by atoms with Gasteiger partial charge in [-0.25, -0.2) is 4.98 Å². The van der Waals surface area contributed by atoms with Gasteiger partial charge in [-0.1, -0.05) is 6.07 Å². The van der Waals surface area contributed by atoms with E-state index in [1.807, 2.05) is 32.0 Å². The molecule has 1 aliphatic rings. The largest absolute Gasteiger partial charge is 0.493 e. The van der Waals surface area contributed by atoms with Crippen molar-refractivity contribution in [2.75, 3.05) is 7.11 Å². The first kappa shape index (κ1) is 14.5. The number of aryl methyl sites for hydroxylation is 4. The van der Waals surface area contributed by atoms with Gasteiger partial charge in [-0.05, 0) is 56.4 Å². The van der Waals surface area contributed by atoms with Gasteiger partial charge in [0.1, 0.15) is 10.7 Å². The molecule has 3 aromatic rings. The number of benzene rings is 1. The van der Waals surface area contributed by atoms with E-state index in [2.05, 4.69) is 9.97 Å². The molecule has 0 atom stereocenters. The molecule has 2 aromatic heterocycles. The van der Waals surface area contributed by atoms with Gasteiger partial charge in [-0.2, -0.15) is 4.98 Å². The van der Waals surface area contributed by atoms with E-state index in [-0.39, 0.29) is 0 Å². The number of fused-ring (bicyclic) bond motifs is 3. The van der Waals surface area contributed by atoms with Crippen molar-refractivity contribution in [1.82, 2.24) is 9.97 Å². The summed E-state index contributed by atoms with van der Waals surface area (Å²) in [6.07, 6.45) is 3.43. The molecule has 0 saturated heterocycles. The molecular formula is C18H18N2O2S. The van der Waals surface area contributed by atoms with Crippen LogP contribution in [0.2, 0.25) is 0 Å². The lowest BCUT2D eigenvalue weighted by Gasteiger charge is -2.12. The Kier molecular flexibility index (Phi) is 3.45. The maximum Gasteiger partial charge on any atom is 0.231 e. The fourth-order valence-corrected chi connectivity index (χ4v) is 4.40. The lowest BCUT2D eigenvalue weighted by molar-refractivity contribution is 0.375. The maximum absolute atomic E-state index is 6.16. The van der Waals surface area contributed by atoms with Crippen LogP contribution in [0.15, 0.2) is 18.2 Å². The molecule has 0 unspecified atom stereocenters. The number of rotatable bonds is 3. The maximum atomic E-state index is 6.16. The average molecular weight is 326 g/mol. The van der Waals surface area contributed by atoms with E-state index >= 15 is 0 Å². The molecule has 2 heterocycles. The topological polar surface area (TPSA) is 44.2 Å². The third kappa shape index (κ3) is 2.45. The third-order valence-electron chi connectivity index (χ3n) is 4.17. The van der Waals surface area contributed by atoms with Gasteiger partial charge in [0, 0.05) is 4.88 Å². The van der Waals surface area contributed by atoms with Crippen molar-refractivity contribution < 1.29 is 9.47 Å². The van der Waals surface area contributed by atoms with Gasteiger partial charge in [0.05, 0.1) is 12.5 Å². The number of aromatic nitrogens is 2. The molecule has 1 aliphatic carbocycles. The van der Waals surface area contributed by atoms with E-state index in [1.165, 1.54) is 16.9 Å². The van der Waals surface area contributed by atoms with Crippen LogP contribution in [-0.2, 0) is 12.8 Å². The first-order chi connectivity index (χ1) is 11.2. The van der Waals surface area contributed by atoms with Crippen molar-refractivity contribution in [3.05, 3.63) is 40.0 Å². The summed E-state index contributed by atoms with van der Waals surface area (Å²) in [5.41, 5.74) is 2.50. The fourth-order valence-electron chi connectivity index (χ4n) is 3.10. The highest BCUT2D eigenvalue weighted by Gasteiger charge is 2.23. The van der Waals surface area contributed by atoms with Crippen LogP contribution in [0.1, 0.15) is 28.2 Å². The number of thiophene rings is 1. The number of methoxy groups -OCH3 is 1. The summed E-state index contributed by atoms with van der Waals surface area (Å²) in [6.45, 7) is 3.94. The highest BCUT2D eigenvalue weighted by molar-refractivity contribution is 7.19. The predicted octanol–water partition coefficient (Wildman–Crippen LogP) is 4.60. The highest BCUT2D eigenvalue weighted by atomic mass is 32.1. The average Bonchev–Trinajstić information content (AvgIpc) is 3.08. The van der Waals surface area contributed by atoms with Crippen molar-refractivity contribution in [1.29, 1.82) is 0 Å². The zero-order chi connectivity index (χ0) is 16.0. The van der Waals surface area contributed by atoms with E-state index in [0.29, 0.717) is 11.6 Å². The molecule has 0 aliphatic heterocycles. The summed E-state index contributed by atoms with van der Waals surface area (Å²) in [5, 5.41) is 1.08. The predicted molar refractivity (Wildman–Crippen MR) is 92.0 cm³/mol. The van der Waals surface area contributed by atoms with Crippen LogP contribution in [0.4, 0.5) is 0 Å². The first-order valence-corrected chi connectivity index (χ1v) is 8.58. The van der Waals surface area contributed by atoms with Crippen molar-refractivity contribution in [2.45, 2.75) is 33.1 Å². The molecule has 4 rings (SSSR count). The highest BCUT2D eigenvalue weighted by Crippen LogP contribution is 2.42. The summed E-state index contributed by atoms with van der Waals surface area (Å²) in [7, 11) is 1.66. The van der Waals surface area contributed by atoms with Gasteiger partial charge in [-0.3, -0.25) is 0 Å². The fraction of sp³-hybridized carbons (Fsp3) is 0.333. The summed E-state index contributed by atoms with van der Waals surface area (Å²) in [5.74, 6) is 2.80. The Hall–Kier alpha value is -2.14. The van der Waals surface area contributed by atoms with E-state index in [9.17, 15) is 0 Å². The Morgan fingerprint density at radius 1 is 1.09 bits per heavy atom. The van der Waals surface area contributed by atoms with Gasteiger partial charge in [0.15, 0.2) is 11.5 Å². The van der Waals surface area contributed by atoms with Crippen LogP contribution in [-0.4, -0.2) is 17.1 Å². The Balaban J connectivity index is 1.86. The molecule has 0 radical (unpaired) electrons. The van der Waals surface area contributed by atoms with Crippen LogP contribution < -0.4 is 9.47 Å². The Morgan fingerprint density at radius 3 is 2.78 bits per heavy atom. The molecule has 0 fully saturated rings. The minimum Gasteiger partial charge on any atom is -0.493 e. The van der Waals surface area contributed by atoms with Crippen molar-refractivity contribution in [3.63, 3.8) is 0 Å². The standard InChI is InChI=1S/C18H18N2O2S/c1-10-7-8-13(14(9-10)21-3)22-17-16-12-5-4-6-15(12)23-18(16)20-11(2)19-17/h7-9H,4-6H2,1-3H3. The van der Waals surface area contributed by atoms with Crippen LogP contribution >= 0.6 is 11.3 Å². The van der Waals surface area contributed by atoms with E-state index < -0.39 is 0 Å². The number of hydrogen-bond donors (Lipinski definition) is 0. The first-order valence-electron chi connectivity index (χ1n) is 7.77. The Morgan fingerprint density at radius 2 is 1.96 bits per heavy atom. The second-order valence-corrected chi connectivity index (χ2v) is 6.95. The van der Waals surface area contributed by atoms with Gasteiger partial charge in [0.2, 0.25) is 5.88 Å². The second kappa shape index (κ2) is 5.49. The van der Waals surface area contributed by atoms with Crippen molar-refractivity contribution in [2.24, 2.45) is 0 Å². The van der Waals surface area contributed by atoms with Crippen LogP contribution in [0.25, 0.3) is 10.2 Å². The smallest absolute Gasteiger partial charge is 0.231 e. The molecule has 0 amide bonds. The van der Waals surface area contributed by atoms with E-state index in [0.717, 1.165) is 40.2 Å². The SMILES string of the molecule is COc1cc(C)ccc1Oc1nc(C)nc2sc3c(c12)CCC3. The summed E-state index contributed by atoms with van der Waals surface area (Å²) in [4.78, 5) is 11.6. The minimum absolute atomic E-state index is 0.647. The monoisotopic (exact) mass is 326 g/mol. The molecule has 23 heavy (non-hydrogen) atoms. The molecule has 5 heteroatoms. The summed E-state index contributed by atoms with van der Waals surface area (Å²) in [6, 6.07) is 5.92. The molecule has 0 N–H and O–H groups in total. The molecule has 0 spiro atoms. The third-order valence-corrected chi connectivity index (χ3v) is 5.35. The van der Waals surface area contributed by atoms with Crippen LogP contribution in [0, 0.1) is 13.8 Å². The normalized spacial score (nSPS) is 13.3.